The van der Waals surface area contributed by atoms with Crippen LogP contribution >= 0.6 is 15.6 Å². The number of phosphoric ester groups is 2. The first-order valence-corrected chi connectivity index (χ1v) is 45.6. The van der Waals surface area contributed by atoms with E-state index in [4.69, 9.17) is 37.0 Å². The molecule has 0 amide bonds. The minimum Gasteiger partial charge on any atom is -0.462 e. The highest BCUT2D eigenvalue weighted by Crippen LogP contribution is 2.45. The van der Waals surface area contributed by atoms with E-state index in [9.17, 15) is 43.2 Å². The number of phosphoric acid groups is 2. The van der Waals surface area contributed by atoms with Gasteiger partial charge >= 0.3 is 39.5 Å². The first-order chi connectivity index (χ1) is 49.0. The van der Waals surface area contributed by atoms with Gasteiger partial charge in [0, 0.05) is 25.7 Å². The van der Waals surface area contributed by atoms with Gasteiger partial charge in [0.05, 0.1) is 26.4 Å². The van der Waals surface area contributed by atoms with Crippen LogP contribution in [0.1, 0.15) is 439 Å². The maximum Gasteiger partial charge on any atom is 0.472 e. The summed E-state index contributed by atoms with van der Waals surface area (Å²) in [4.78, 5) is 73.1. The number of carbonyl (C=O) groups excluding carboxylic acids is 4. The summed E-state index contributed by atoms with van der Waals surface area (Å²) in [6.45, 7) is 7.37. The number of aliphatic hydroxyl groups is 1. The molecule has 0 aromatic heterocycles. The lowest BCUT2D eigenvalue weighted by Crippen LogP contribution is -2.30. The number of aliphatic hydroxyl groups excluding tert-OH is 1. The van der Waals surface area contributed by atoms with Gasteiger partial charge in [-0.05, 0) is 31.6 Å². The topological polar surface area (TPSA) is 237 Å². The van der Waals surface area contributed by atoms with Crippen LogP contribution in [0.2, 0.25) is 0 Å². The van der Waals surface area contributed by atoms with E-state index >= 15 is 0 Å². The van der Waals surface area contributed by atoms with Gasteiger partial charge in [-0.15, -0.1) is 0 Å². The van der Waals surface area contributed by atoms with Crippen molar-refractivity contribution in [2.24, 2.45) is 5.92 Å². The molecule has 0 bridgehead atoms. The fraction of sp³-hybridized carbons (Fsp3) is 0.951. The molecule has 19 heteroatoms. The van der Waals surface area contributed by atoms with Gasteiger partial charge in [-0.3, -0.25) is 37.3 Å². The Hall–Kier alpha value is -1.94. The molecule has 0 rings (SSSR count). The quantitative estimate of drug-likeness (QED) is 0.0222. The zero-order valence-corrected chi connectivity index (χ0v) is 67.8. The van der Waals surface area contributed by atoms with Crippen LogP contribution in [0.5, 0.6) is 0 Å². The van der Waals surface area contributed by atoms with Gasteiger partial charge in [-0.2, -0.15) is 0 Å². The molecule has 5 atom stereocenters. The third-order valence-electron chi connectivity index (χ3n) is 19.3. The molecule has 0 saturated carbocycles. The van der Waals surface area contributed by atoms with Gasteiger partial charge in [0.15, 0.2) is 12.2 Å². The normalized spacial score (nSPS) is 13.8. The number of hydrogen-bond donors (Lipinski definition) is 3. The van der Waals surface area contributed by atoms with E-state index in [2.05, 4.69) is 34.6 Å². The summed E-state index contributed by atoms with van der Waals surface area (Å²) in [5.41, 5.74) is 0. The molecule has 0 saturated heterocycles. The van der Waals surface area contributed by atoms with Crippen molar-refractivity contribution in [2.75, 3.05) is 39.6 Å². The highest BCUT2D eigenvalue weighted by atomic mass is 31.2. The summed E-state index contributed by atoms with van der Waals surface area (Å²) in [6, 6.07) is 0. The van der Waals surface area contributed by atoms with E-state index in [0.717, 1.165) is 95.8 Å². The molecule has 0 aromatic rings. The second-order valence-electron chi connectivity index (χ2n) is 30.0. The van der Waals surface area contributed by atoms with Crippen molar-refractivity contribution in [3.63, 3.8) is 0 Å². The third-order valence-corrected chi connectivity index (χ3v) is 21.2. The fourth-order valence-corrected chi connectivity index (χ4v) is 14.3. The van der Waals surface area contributed by atoms with Crippen molar-refractivity contribution >= 4 is 39.5 Å². The molecule has 3 N–H and O–H groups in total. The van der Waals surface area contributed by atoms with Gasteiger partial charge in [0.2, 0.25) is 0 Å². The molecule has 0 radical (unpaired) electrons. The van der Waals surface area contributed by atoms with E-state index < -0.39 is 97.5 Å². The predicted octanol–water partition coefficient (Wildman–Crippen LogP) is 24.8. The van der Waals surface area contributed by atoms with Crippen LogP contribution in [0.4, 0.5) is 0 Å². The molecular weight excluding hydrogens is 1320 g/mol. The van der Waals surface area contributed by atoms with Crippen LogP contribution in [0.15, 0.2) is 0 Å². The smallest absolute Gasteiger partial charge is 0.462 e. The summed E-state index contributed by atoms with van der Waals surface area (Å²) < 4.78 is 68.8. The number of rotatable bonds is 82. The van der Waals surface area contributed by atoms with Crippen molar-refractivity contribution in [3.8, 4) is 0 Å². The lowest BCUT2D eigenvalue weighted by atomic mass is 10.0. The van der Waals surface area contributed by atoms with Gasteiger partial charge in [0.1, 0.15) is 19.3 Å². The Morgan fingerprint density at radius 2 is 0.455 bits per heavy atom. The summed E-state index contributed by atoms with van der Waals surface area (Å²) in [5.74, 6) is -1.29. The first kappa shape index (κ1) is 99.1. The molecule has 0 aliphatic heterocycles. The average molecular weight is 1480 g/mol. The Morgan fingerprint density at radius 3 is 0.673 bits per heavy atom. The lowest BCUT2D eigenvalue weighted by molar-refractivity contribution is -0.161. The zero-order valence-electron chi connectivity index (χ0n) is 66.1. The first-order valence-electron chi connectivity index (χ1n) is 42.6. The monoisotopic (exact) mass is 1480 g/mol. The van der Waals surface area contributed by atoms with Crippen LogP contribution < -0.4 is 0 Å². The number of ether oxygens (including phenoxy) is 4. The molecule has 0 spiro atoms. The second-order valence-corrected chi connectivity index (χ2v) is 32.9. The maximum atomic E-state index is 13.1. The molecule has 0 heterocycles. The van der Waals surface area contributed by atoms with Crippen molar-refractivity contribution in [3.05, 3.63) is 0 Å². The summed E-state index contributed by atoms with van der Waals surface area (Å²) in [6.07, 6.45) is 66.4. The van der Waals surface area contributed by atoms with Crippen molar-refractivity contribution < 1.29 is 80.2 Å². The molecule has 101 heavy (non-hydrogen) atoms. The Labute approximate surface area is 619 Å². The van der Waals surface area contributed by atoms with Gasteiger partial charge in [-0.25, -0.2) is 9.13 Å². The summed E-state index contributed by atoms with van der Waals surface area (Å²) in [5, 5.41) is 10.7. The number of carbonyl (C=O) groups is 4. The minimum absolute atomic E-state index is 0.109. The molecule has 2 unspecified atom stereocenters. The van der Waals surface area contributed by atoms with Crippen LogP contribution in [0, 0.1) is 5.92 Å². The minimum atomic E-state index is -4.96. The van der Waals surface area contributed by atoms with E-state index in [-0.39, 0.29) is 25.7 Å². The maximum absolute atomic E-state index is 13.1. The molecule has 600 valence electrons. The molecule has 0 aliphatic carbocycles. The fourth-order valence-electron chi connectivity index (χ4n) is 12.8. The Morgan fingerprint density at radius 1 is 0.267 bits per heavy atom. The summed E-state index contributed by atoms with van der Waals surface area (Å²) >= 11 is 0. The van der Waals surface area contributed by atoms with Crippen molar-refractivity contribution in [2.45, 2.75) is 457 Å². The van der Waals surface area contributed by atoms with Crippen LogP contribution in [-0.4, -0.2) is 96.7 Å². The highest BCUT2D eigenvalue weighted by molar-refractivity contribution is 7.47. The van der Waals surface area contributed by atoms with Crippen LogP contribution in [0.3, 0.4) is 0 Å². The van der Waals surface area contributed by atoms with E-state index in [1.54, 1.807) is 0 Å². The Balaban J connectivity index is 5.25. The summed E-state index contributed by atoms with van der Waals surface area (Å²) in [7, 11) is -9.92. The SMILES string of the molecule is CCCCCCCCCCCCCCCCCCC(=O)OC[C@H](COP(=O)(O)OC[C@@H](O)COP(=O)(O)OC[C@@H](COC(=O)CCCCCCCCCCCCC)OC(=O)CCCCCCCCCCCCCCCCC)OC(=O)CCCCCCCCCCCCCCCCCCC(C)C. The lowest BCUT2D eigenvalue weighted by Gasteiger charge is -2.21. The van der Waals surface area contributed by atoms with E-state index in [1.165, 1.54) is 263 Å². The number of esters is 4. The van der Waals surface area contributed by atoms with Gasteiger partial charge in [-0.1, -0.05) is 388 Å². The number of unbranched alkanes of at least 4 members (excludes halogenated alkanes) is 54. The molecular formula is C82H160O17P2. The molecule has 0 aromatic carbocycles. The van der Waals surface area contributed by atoms with Crippen LogP contribution in [0.25, 0.3) is 0 Å². The average Bonchev–Trinajstić information content (AvgIpc) is 0.945. The molecule has 0 aliphatic rings. The Bertz CT molecular complexity index is 1930. The molecule has 17 nitrogen and oxygen atoms in total. The standard InChI is InChI=1S/C82H160O17P2/c1-6-9-12-15-18-21-24-26-28-33-36-41-46-51-56-61-66-80(85)93-72-78(99-82(87)68-63-58-53-48-43-38-34-30-29-32-35-40-44-49-54-59-64-75(4)5)74-97-101(90,91)95-70-76(83)69-94-100(88,89)96-73-77(71-92-79(84)65-60-55-50-45-39-23-20-17-14-11-8-3)98-81(86)67-62-57-52-47-42-37-31-27-25-22-19-16-13-10-7-2/h75-78,83H,6-74H2,1-5H3,(H,88,89)(H,90,91)/t76-,77+,78+/m0/s1. The van der Waals surface area contributed by atoms with Crippen molar-refractivity contribution in [1.82, 2.24) is 0 Å². The van der Waals surface area contributed by atoms with Gasteiger partial charge in [0.25, 0.3) is 0 Å². The predicted molar refractivity (Wildman–Crippen MR) is 414 cm³/mol. The second kappa shape index (κ2) is 74.9. The van der Waals surface area contributed by atoms with E-state index in [0.29, 0.717) is 25.7 Å². The van der Waals surface area contributed by atoms with Crippen LogP contribution in [-0.2, 0) is 65.4 Å². The largest absolute Gasteiger partial charge is 0.472 e. The zero-order chi connectivity index (χ0) is 74.1. The van der Waals surface area contributed by atoms with Gasteiger partial charge < -0.3 is 33.8 Å². The molecule has 0 fully saturated rings. The number of hydrogen-bond acceptors (Lipinski definition) is 15. The van der Waals surface area contributed by atoms with E-state index in [1.807, 2.05) is 0 Å². The highest BCUT2D eigenvalue weighted by Gasteiger charge is 2.30. The Kier molecular flexibility index (Phi) is 73.5. The van der Waals surface area contributed by atoms with Crippen molar-refractivity contribution in [1.29, 1.82) is 0 Å². The third kappa shape index (κ3) is 76.1.